The molecule has 0 amide bonds. The van der Waals surface area contributed by atoms with Crippen molar-refractivity contribution in [1.82, 2.24) is 9.78 Å². The zero-order valence-electron chi connectivity index (χ0n) is 9.92. The van der Waals surface area contributed by atoms with Crippen molar-refractivity contribution in [2.75, 3.05) is 0 Å². The third-order valence-electron chi connectivity index (χ3n) is 2.53. The summed E-state index contributed by atoms with van der Waals surface area (Å²) in [5, 5.41) is 21.5. The molecule has 0 aliphatic carbocycles. The zero-order chi connectivity index (χ0) is 14.9. The molecule has 20 heavy (non-hydrogen) atoms. The van der Waals surface area contributed by atoms with Gasteiger partial charge in [-0.1, -0.05) is 6.07 Å². The number of hydrogen-bond acceptors (Lipinski definition) is 3. The monoisotopic (exact) mass is 286 g/mol. The minimum absolute atomic E-state index is 0.00559. The normalized spacial score (nSPS) is 11.6. The van der Waals surface area contributed by atoms with Crippen molar-refractivity contribution >= 4 is 5.97 Å². The van der Waals surface area contributed by atoms with E-state index in [9.17, 15) is 23.1 Å². The van der Waals surface area contributed by atoms with Crippen molar-refractivity contribution in [1.29, 1.82) is 0 Å². The first kappa shape index (κ1) is 13.9. The Morgan fingerprint density at radius 3 is 2.60 bits per heavy atom. The second kappa shape index (κ2) is 4.87. The van der Waals surface area contributed by atoms with Gasteiger partial charge in [0.05, 0.1) is 18.3 Å². The maximum Gasteiger partial charge on any atom is 0.433 e. The van der Waals surface area contributed by atoms with Gasteiger partial charge in [0, 0.05) is 11.6 Å². The molecule has 0 unspecified atom stereocenters. The van der Waals surface area contributed by atoms with E-state index in [0.717, 1.165) is 12.3 Å². The first-order chi connectivity index (χ1) is 9.29. The van der Waals surface area contributed by atoms with E-state index in [-0.39, 0.29) is 11.4 Å². The molecule has 1 aromatic heterocycles. The number of phenolic OH excluding ortho intramolecular Hbond substituents is 1. The van der Waals surface area contributed by atoms with Crippen LogP contribution in [-0.4, -0.2) is 26.0 Å². The molecule has 1 heterocycles. The molecule has 106 valence electrons. The molecule has 2 N–H and O–H groups in total. The standard InChI is InChI=1S/C12H9F3N2O3/c13-12(14,15)11-7(4-10(19)20)6-16-17(11)8-2-1-3-9(18)5-8/h1-3,5-6,18H,4H2,(H,19,20). The van der Waals surface area contributed by atoms with Crippen molar-refractivity contribution in [3.05, 3.63) is 41.7 Å². The summed E-state index contributed by atoms with van der Waals surface area (Å²) >= 11 is 0. The van der Waals surface area contributed by atoms with E-state index < -0.39 is 29.8 Å². The highest BCUT2D eigenvalue weighted by molar-refractivity contribution is 5.70. The van der Waals surface area contributed by atoms with Crippen LogP contribution in [0, 0.1) is 0 Å². The lowest BCUT2D eigenvalue weighted by molar-refractivity contribution is -0.144. The molecule has 2 rings (SSSR count). The number of alkyl halides is 3. The van der Waals surface area contributed by atoms with Crippen LogP contribution in [0.5, 0.6) is 5.75 Å². The molecule has 0 saturated heterocycles. The van der Waals surface area contributed by atoms with Crippen LogP contribution >= 0.6 is 0 Å². The Kier molecular flexibility index (Phi) is 3.39. The number of halogens is 3. The lowest BCUT2D eigenvalue weighted by atomic mass is 10.1. The molecule has 0 spiro atoms. The summed E-state index contributed by atoms with van der Waals surface area (Å²) in [7, 11) is 0. The Morgan fingerprint density at radius 1 is 1.35 bits per heavy atom. The van der Waals surface area contributed by atoms with Crippen LogP contribution in [0.15, 0.2) is 30.5 Å². The van der Waals surface area contributed by atoms with Gasteiger partial charge in [0.25, 0.3) is 0 Å². The number of rotatable bonds is 3. The number of aromatic nitrogens is 2. The third-order valence-corrected chi connectivity index (χ3v) is 2.53. The molecule has 1 aromatic carbocycles. The quantitative estimate of drug-likeness (QED) is 0.907. The maximum absolute atomic E-state index is 13.1. The Morgan fingerprint density at radius 2 is 2.05 bits per heavy atom. The smallest absolute Gasteiger partial charge is 0.433 e. The summed E-state index contributed by atoms with van der Waals surface area (Å²) in [5.41, 5.74) is -1.60. The molecular formula is C12H9F3N2O3. The molecular weight excluding hydrogens is 277 g/mol. The molecule has 0 saturated carbocycles. The van der Waals surface area contributed by atoms with E-state index in [2.05, 4.69) is 5.10 Å². The highest BCUT2D eigenvalue weighted by atomic mass is 19.4. The fourth-order valence-corrected chi connectivity index (χ4v) is 1.80. The Balaban J connectivity index is 2.59. The summed E-state index contributed by atoms with van der Waals surface area (Å²) in [6.07, 6.45) is -4.68. The number of aromatic hydroxyl groups is 1. The van der Waals surface area contributed by atoms with E-state index in [1.165, 1.54) is 18.2 Å². The second-order valence-electron chi connectivity index (χ2n) is 4.02. The number of aliphatic carboxylic acids is 1. The average molecular weight is 286 g/mol. The first-order valence-electron chi connectivity index (χ1n) is 5.44. The molecule has 2 aromatic rings. The topological polar surface area (TPSA) is 75.3 Å². The van der Waals surface area contributed by atoms with Crippen LogP contribution in [-0.2, 0) is 17.4 Å². The highest BCUT2D eigenvalue weighted by Gasteiger charge is 2.39. The van der Waals surface area contributed by atoms with Gasteiger partial charge in [-0.15, -0.1) is 0 Å². The van der Waals surface area contributed by atoms with Gasteiger partial charge in [-0.3, -0.25) is 4.79 Å². The number of benzene rings is 1. The lowest BCUT2D eigenvalue weighted by Gasteiger charge is -2.12. The molecule has 0 fully saturated rings. The van der Waals surface area contributed by atoms with Crippen molar-refractivity contribution in [2.45, 2.75) is 12.6 Å². The predicted octanol–water partition coefficient (Wildman–Crippen LogP) is 2.22. The van der Waals surface area contributed by atoms with Gasteiger partial charge in [-0.2, -0.15) is 18.3 Å². The van der Waals surface area contributed by atoms with E-state index in [1.54, 1.807) is 0 Å². The van der Waals surface area contributed by atoms with Crippen molar-refractivity contribution in [3.8, 4) is 11.4 Å². The number of phenols is 1. The average Bonchev–Trinajstić information content (AvgIpc) is 2.71. The molecule has 0 aliphatic heterocycles. The van der Waals surface area contributed by atoms with E-state index >= 15 is 0 Å². The predicted molar refractivity (Wildman–Crippen MR) is 61.6 cm³/mol. The second-order valence-corrected chi connectivity index (χ2v) is 4.02. The molecule has 0 radical (unpaired) electrons. The molecule has 0 bridgehead atoms. The van der Waals surface area contributed by atoms with Gasteiger partial charge in [0.15, 0.2) is 5.69 Å². The summed E-state index contributed by atoms with van der Waals surface area (Å²) in [6, 6.07) is 5.10. The van der Waals surface area contributed by atoms with E-state index in [0.29, 0.717) is 4.68 Å². The number of hydrogen-bond donors (Lipinski definition) is 2. The summed E-state index contributed by atoms with van der Waals surface area (Å²) in [5.74, 6) is -1.60. The Hall–Kier alpha value is -2.51. The van der Waals surface area contributed by atoms with Gasteiger partial charge in [-0.25, -0.2) is 4.68 Å². The SMILES string of the molecule is O=C(O)Cc1cnn(-c2cccc(O)c2)c1C(F)(F)F. The summed E-state index contributed by atoms with van der Waals surface area (Å²) in [6.45, 7) is 0. The lowest BCUT2D eigenvalue weighted by Crippen LogP contribution is -2.16. The van der Waals surface area contributed by atoms with E-state index in [4.69, 9.17) is 5.11 Å². The highest BCUT2D eigenvalue weighted by Crippen LogP contribution is 2.34. The van der Waals surface area contributed by atoms with Crippen LogP contribution in [0.2, 0.25) is 0 Å². The first-order valence-corrected chi connectivity index (χ1v) is 5.44. The van der Waals surface area contributed by atoms with Gasteiger partial charge in [0.1, 0.15) is 5.75 Å². The van der Waals surface area contributed by atoms with Gasteiger partial charge in [0.2, 0.25) is 0 Å². The Bertz CT molecular complexity index is 650. The fourth-order valence-electron chi connectivity index (χ4n) is 1.80. The minimum atomic E-state index is -4.76. The number of carbonyl (C=O) groups is 1. The van der Waals surface area contributed by atoms with Crippen molar-refractivity contribution in [2.24, 2.45) is 0 Å². The van der Waals surface area contributed by atoms with Crippen molar-refractivity contribution in [3.63, 3.8) is 0 Å². The number of carboxylic acids is 1. The Labute approximate surface area is 110 Å². The molecule has 5 nitrogen and oxygen atoms in total. The van der Waals surface area contributed by atoms with Crippen LogP contribution in [0.1, 0.15) is 11.3 Å². The molecule has 0 aliphatic rings. The summed E-state index contributed by atoms with van der Waals surface area (Å²) < 4.78 is 39.8. The van der Waals surface area contributed by atoms with Gasteiger partial charge < -0.3 is 10.2 Å². The number of carboxylic acid groups (broad SMARTS) is 1. The van der Waals surface area contributed by atoms with Crippen LogP contribution in [0.25, 0.3) is 5.69 Å². The fraction of sp³-hybridized carbons (Fsp3) is 0.167. The molecule has 8 heteroatoms. The van der Waals surface area contributed by atoms with Crippen molar-refractivity contribution < 1.29 is 28.2 Å². The zero-order valence-corrected chi connectivity index (χ0v) is 9.92. The summed E-state index contributed by atoms with van der Waals surface area (Å²) in [4.78, 5) is 10.6. The van der Waals surface area contributed by atoms with E-state index in [1.807, 2.05) is 0 Å². The maximum atomic E-state index is 13.1. The minimum Gasteiger partial charge on any atom is -0.508 e. The molecule has 0 atom stereocenters. The van der Waals surface area contributed by atoms with Crippen LogP contribution < -0.4 is 0 Å². The van der Waals surface area contributed by atoms with Crippen LogP contribution in [0.3, 0.4) is 0 Å². The van der Waals surface area contributed by atoms with Crippen LogP contribution in [0.4, 0.5) is 13.2 Å². The third kappa shape index (κ3) is 2.73. The number of nitrogens with zero attached hydrogens (tertiary/aromatic N) is 2. The largest absolute Gasteiger partial charge is 0.508 e. The van der Waals surface area contributed by atoms with Gasteiger partial charge in [-0.05, 0) is 12.1 Å². The van der Waals surface area contributed by atoms with Gasteiger partial charge >= 0.3 is 12.1 Å².